The zero-order chi connectivity index (χ0) is 18.6. The molecule has 3 rings (SSSR count). The molecule has 2 heterocycles. The number of nitrogens with one attached hydrogen (secondary N) is 1. The Morgan fingerprint density at radius 2 is 2.12 bits per heavy atom. The van der Waals surface area contributed by atoms with E-state index >= 15 is 0 Å². The molecule has 8 heteroatoms. The van der Waals surface area contributed by atoms with Crippen molar-refractivity contribution < 1.29 is 13.2 Å². The topological polar surface area (TPSA) is 71.0 Å². The Kier molecular flexibility index (Phi) is 6.25. The Morgan fingerprint density at radius 1 is 1.35 bits per heavy atom. The first-order valence-electron chi connectivity index (χ1n) is 9.03. The molecule has 0 aliphatic carbocycles. The van der Waals surface area contributed by atoms with Gasteiger partial charge in [-0.25, -0.2) is 8.42 Å². The number of sulfone groups is 1. The molecule has 6 nitrogen and oxygen atoms in total. The third-order valence-electron chi connectivity index (χ3n) is 5.05. The Bertz CT molecular complexity index is 743. The molecule has 0 saturated carbocycles. The van der Waals surface area contributed by atoms with E-state index in [2.05, 4.69) is 31.1 Å². The van der Waals surface area contributed by atoms with Gasteiger partial charge in [-0.05, 0) is 44.0 Å². The normalized spacial score (nSPS) is 23.8. The lowest BCUT2D eigenvalue weighted by Crippen LogP contribution is -2.41. The maximum atomic E-state index is 12.5. The Hall–Kier alpha value is -1.12. The van der Waals surface area contributed by atoms with Crippen LogP contribution in [0, 0.1) is 5.41 Å². The van der Waals surface area contributed by atoms with E-state index in [0.717, 1.165) is 56.1 Å². The van der Waals surface area contributed by atoms with Gasteiger partial charge in [0, 0.05) is 36.1 Å². The van der Waals surface area contributed by atoms with Crippen molar-refractivity contribution in [1.29, 1.82) is 0 Å². The number of hydrogen-bond acceptors (Lipinski definition) is 4. The summed E-state index contributed by atoms with van der Waals surface area (Å²) in [5.41, 5.74) is 0.250. The molecule has 0 radical (unpaired) electrons. The molecule has 1 atom stereocenters. The second-order valence-electron chi connectivity index (χ2n) is 6.98. The smallest absolute Gasteiger partial charge is 0.193 e. The highest BCUT2D eigenvalue weighted by molar-refractivity contribution is 9.10. The van der Waals surface area contributed by atoms with Gasteiger partial charge in [0.15, 0.2) is 15.8 Å². The first-order chi connectivity index (χ1) is 12.4. The summed E-state index contributed by atoms with van der Waals surface area (Å²) in [6.45, 7) is 6.57. The monoisotopic (exact) mass is 443 g/mol. The first-order valence-corrected chi connectivity index (χ1v) is 11.5. The maximum Gasteiger partial charge on any atom is 0.193 e. The van der Waals surface area contributed by atoms with Crippen LogP contribution < -0.4 is 5.32 Å². The SMILES string of the molecule is CCNC(=NCCS(=O)(=O)c1ccc(Br)cc1)N1CCC2(CCOC2)C1. The highest BCUT2D eigenvalue weighted by Gasteiger charge is 2.42. The molecule has 1 N–H and O–H groups in total. The summed E-state index contributed by atoms with van der Waals surface area (Å²) in [5, 5.41) is 3.30. The molecule has 0 aromatic heterocycles. The van der Waals surface area contributed by atoms with E-state index in [0.29, 0.717) is 4.90 Å². The van der Waals surface area contributed by atoms with E-state index in [4.69, 9.17) is 4.74 Å². The number of rotatable bonds is 5. The molecular formula is C18H26BrN3O3S. The van der Waals surface area contributed by atoms with E-state index in [1.54, 1.807) is 24.3 Å². The van der Waals surface area contributed by atoms with Gasteiger partial charge in [0.25, 0.3) is 0 Å². The zero-order valence-electron chi connectivity index (χ0n) is 15.1. The van der Waals surface area contributed by atoms with Crippen molar-refractivity contribution in [2.45, 2.75) is 24.7 Å². The van der Waals surface area contributed by atoms with Crippen LogP contribution in [0.25, 0.3) is 0 Å². The average molecular weight is 444 g/mol. The summed E-state index contributed by atoms with van der Waals surface area (Å²) >= 11 is 3.32. The number of likely N-dealkylation sites (tertiary alicyclic amines) is 1. The molecule has 1 spiro atoms. The van der Waals surface area contributed by atoms with E-state index in [-0.39, 0.29) is 17.7 Å². The third kappa shape index (κ3) is 4.58. The van der Waals surface area contributed by atoms with Gasteiger partial charge in [0.05, 0.1) is 23.8 Å². The molecule has 1 aromatic carbocycles. The van der Waals surface area contributed by atoms with Crippen LogP contribution in [-0.4, -0.2) is 64.4 Å². The number of aliphatic imine (C=N–C) groups is 1. The van der Waals surface area contributed by atoms with E-state index in [1.807, 2.05) is 6.92 Å². The number of ether oxygens (including phenoxy) is 1. The van der Waals surface area contributed by atoms with Crippen LogP contribution >= 0.6 is 15.9 Å². The molecule has 2 fully saturated rings. The van der Waals surface area contributed by atoms with Gasteiger partial charge in [-0.15, -0.1) is 0 Å². The molecular weight excluding hydrogens is 418 g/mol. The van der Waals surface area contributed by atoms with Gasteiger partial charge in [-0.3, -0.25) is 4.99 Å². The second-order valence-corrected chi connectivity index (χ2v) is 10.0. The largest absolute Gasteiger partial charge is 0.381 e. The molecule has 1 unspecified atom stereocenters. The van der Waals surface area contributed by atoms with Crippen molar-refractivity contribution >= 4 is 31.7 Å². The maximum absolute atomic E-state index is 12.5. The minimum Gasteiger partial charge on any atom is -0.381 e. The molecule has 2 aliphatic heterocycles. The predicted molar refractivity (Wildman–Crippen MR) is 106 cm³/mol. The minimum atomic E-state index is -3.33. The summed E-state index contributed by atoms with van der Waals surface area (Å²) in [5.74, 6) is 0.813. The van der Waals surface area contributed by atoms with Crippen LogP contribution in [0.2, 0.25) is 0 Å². The van der Waals surface area contributed by atoms with Gasteiger partial charge in [-0.2, -0.15) is 0 Å². The van der Waals surface area contributed by atoms with Gasteiger partial charge in [-0.1, -0.05) is 15.9 Å². The van der Waals surface area contributed by atoms with Gasteiger partial charge in [0.2, 0.25) is 0 Å². The Balaban J connectivity index is 1.63. The van der Waals surface area contributed by atoms with Crippen molar-refractivity contribution in [2.75, 3.05) is 45.1 Å². The Labute approximate surface area is 164 Å². The number of halogens is 1. The number of benzene rings is 1. The van der Waals surface area contributed by atoms with Gasteiger partial charge < -0.3 is 15.0 Å². The lowest BCUT2D eigenvalue weighted by molar-refractivity contribution is 0.156. The fourth-order valence-electron chi connectivity index (χ4n) is 3.54. The lowest BCUT2D eigenvalue weighted by Gasteiger charge is -2.25. The molecule has 26 heavy (non-hydrogen) atoms. The summed E-state index contributed by atoms with van der Waals surface area (Å²) < 4.78 is 31.4. The summed E-state index contributed by atoms with van der Waals surface area (Å²) in [7, 11) is -3.33. The van der Waals surface area contributed by atoms with E-state index in [1.165, 1.54) is 0 Å². The van der Waals surface area contributed by atoms with Crippen LogP contribution in [0.1, 0.15) is 19.8 Å². The molecule has 1 aromatic rings. The van der Waals surface area contributed by atoms with Crippen LogP contribution in [0.15, 0.2) is 38.6 Å². The summed E-state index contributed by atoms with van der Waals surface area (Å²) in [6.07, 6.45) is 2.20. The van der Waals surface area contributed by atoms with Crippen LogP contribution in [-0.2, 0) is 14.6 Å². The van der Waals surface area contributed by atoms with Crippen LogP contribution in [0.3, 0.4) is 0 Å². The number of nitrogens with zero attached hydrogens (tertiary/aromatic N) is 2. The lowest BCUT2D eigenvalue weighted by atomic mass is 9.87. The van der Waals surface area contributed by atoms with Gasteiger partial charge in [0.1, 0.15) is 0 Å². The fourth-order valence-corrected chi connectivity index (χ4v) is 4.93. The standard InChI is InChI=1S/C18H26BrN3O3S/c1-2-20-17(22-10-7-18(13-22)8-11-25-14-18)21-9-12-26(23,24)16-5-3-15(19)4-6-16/h3-6H,2,7-14H2,1H3,(H,20,21). The van der Waals surface area contributed by atoms with Crippen molar-refractivity contribution in [3.8, 4) is 0 Å². The average Bonchev–Trinajstić information content (AvgIpc) is 3.25. The zero-order valence-corrected chi connectivity index (χ0v) is 17.5. The second kappa shape index (κ2) is 8.27. The predicted octanol–water partition coefficient (Wildman–Crippen LogP) is 2.30. The summed E-state index contributed by atoms with van der Waals surface area (Å²) in [6, 6.07) is 6.73. The molecule has 2 aliphatic rings. The van der Waals surface area contributed by atoms with Gasteiger partial charge >= 0.3 is 0 Å². The van der Waals surface area contributed by atoms with Crippen molar-refractivity contribution in [1.82, 2.24) is 10.2 Å². The quantitative estimate of drug-likeness (QED) is 0.558. The van der Waals surface area contributed by atoms with E-state index < -0.39 is 9.84 Å². The summed E-state index contributed by atoms with van der Waals surface area (Å²) in [4.78, 5) is 7.16. The van der Waals surface area contributed by atoms with Crippen LogP contribution in [0.5, 0.6) is 0 Å². The van der Waals surface area contributed by atoms with E-state index in [9.17, 15) is 8.42 Å². The highest BCUT2D eigenvalue weighted by atomic mass is 79.9. The molecule has 0 amide bonds. The minimum absolute atomic E-state index is 0.00558. The first kappa shape index (κ1) is 19.6. The molecule has 144 valence electrons. The number of hydrogen-bond donors (Lipinski definition) is 1. The molecule has 0 bridgehead atoms. The van der Waals surface area contributed by atoms with Crippen molar-refractivity contribution in [3.05, 3.63) is 28.7 Å². The molecule has 2 saturated heterocycles. The van der Waals surface area contributed by atoms with Crippen molar-refractivity contribution in [2.24, 2.45) is 10.4 Å². The Morgan fingerprint density at radius 3 is 2.77 bits per heavy atom. The van der Waals surface area contributed by atoms with Crippen molar-refractivity contribution in [3.63, 3.8) is 0 Å². The number of guanidine groups is 1. The fraction of sp³-hybridized carbons (Fsp3) is 0.611. The third-order valence-corrected chi connectivity index (χ3v) is 7.29. The van der Waals surface area contributed by atoms with Crippen LogP contribution in [0.4, 0.5) is 0 Å². The highest BCUT2D eigenvalue weighted by Crippen LogP contribution is 2.38.